The monoisotopic (exact) mass is 414 g/mol. The van der Waals surface area contributed by atoms with Gasteiger partial charge in [-0.05, 0) is 50.1 Å². The summed E-state index contributed by atoms with van der Waals surface area (Å²) < 4.78 is 117. The molecule has 1 aromatic carbocycles. The predicted molar refractivity (Wildman–Crippen MR) is 73.3 cm³/mol. The van der Waals surface area contributed by atoms with Crippen molar-refractivity contribution < 1.29 is 54.8 Å². The van der Waals surface area contributed by atoms with Gasteiger partial charge in [-0.15, -0.1) is 0 Å². The van der Waals surface area contributed by atoms with E-state index >= 15 is 0 Å². The molecule has 0 saturated heterocycles. The highest BCUT2D eigenvalue weighted by Crippen LogP contribution is 2.51. The van der Waals surface area contributed by atoms with Crippen molar-refractivity contribution in [2.75, 3.05) is 0 Å². The van der Waals surface area contributed by atoms with E-state index in [-0.39, 0.29) is 19.1 Å². The van der Waals surface area contributed by atoms with Gasteiger partial charge in [-0.1, -0.05) is 0 Å². The fraction of sp³-hybridized carbons (Fsp3) is 0.600. The Kier molecular flexibility index (Phi) is 5.43. The lowest BCUT2D eigenvalue weighted by Crippen LogP contribution is -2.54. The molecule has 3 N–H and O–H groups in total. The van der Waals surface area contributed by atoms with Crippen LogP contribution in [-0.4, -0.2) is 33.8 Å². The van der Waals surface area contributed by atoms with Gasteiger partial charge in [-0.3, -0.25) is 0 Å². The number of rotatable bonds is 3. The molecule has 0 aliphatic rings. The van der Waals surface area contributed by atoms with E-state index in [1.807, 2.05) is 0 Å². The minimum atomic E-state index is -6.36. The number of aliphatic hydroxyl groups is 3. The number of alkyl halides is 9. The third kappa shape index (κ3) is 4.02. The first-order valence-electron chi connectivity index (χ1n) is 7.10. The molecule has 1 atom stereocenters. The second kappa shape index (κ2) is 6.24. The molecule has 12 heteroatoms. The zero-order chi connectivity index (χ0) is 21.9. The van der Waals surface area contributed by atoms with E-state index in [4.69, 9.17) is 0 Å². The van der Waals surface area contributed by atoms with Crippen LogP contribution in [-0.2, 0) is 16.8 Å². The highest BCUT2D eigenvalue weighted by atomic mass is 19.4. The Bertz CT molecular complexity index is 680. The molecule has 0 aliphatic carbocycles. The van der Waals surface area contributed by atoms with Crippen LogP contribution in [0.25, 0.3) is 0 Å². The van der Waals surface area contributed by atoms with Crippen LogP contribution in [0.5, 0.6) is 0 Å². The van der Waals surface area contributed by atoms with E-state index < -0.39 is 52.0 Å². The minimum Gasteiger partial charge on any atom is -0.386 e. The standard InChI is InChI=1S/C15H15F9O3/c1-10(2,25)7-4-8(11(3,26)13(16,17)18)6-9(5-7)12(27,14(19,20)21)15(22,23)24/h4-6,25-27H,1-3H3. The summed E-state index contributed by atoms with van der Waals surface area (Å²) in [6, 6.07) is 0.241. The fourth-order valence-corrected chi connectivity index (χ4v) is 2.12. The van der Waals surface area contributed by atoms with Gasteiger partial charge < -0.3 is 15.3 Å². The summed E-state index contributed by atoms with van der Waals surface area (Å²) in [5.74, 6) is 0. The number of halogens is 9. The summed E-state index contributed by atoms with van der Waals surface area (Å²) in [7, 11) is 0. The molecule has 156 valence electrons. The third-order valence-corrected chi connectivity index (χ3v) is 3.99. The van der Waals surface area contributed by atoms with Gasteiger partial charge in [0.05, 0.1) is 5.60 Å². The van der Waals surface area contributed by atoms with E-state index in [0.29, 0.717) is 6.07 Å². The fourth-order valence-electron chi connectivity index (χ4n) is 2.12. The van der Waals surface area contributed by atoms with Gasteiger partial charge in [-0.2, -0.15) is 39.5 Å². The quantitative estimate of drug-likeness (QED) is 0.656. The summed E-state index contributed by atoms with van der Waals surface area (Å²) >= 11 is 0. The molecule has 1 rings (SSSR count). The van der Waals surface area contributed by atoms with Crippen molar-refractivity contribution in [2.45, 2.75) is 56.1 Å². The first-order chi connectivity index (χ1) is 11.6. The largest absolute Gasteiger partial charge is 0.430 e. The summed E-state index contributed by atoms with van der Waals surface area (Å²) in [6.07, 6.45) is -18.2. The van der Waals surface area contributed by atoms with Crippen molar-refractivity contribution in [1.29, 1.82) is 0 Å². The van der Waals surface area contributed by atoms with E-state index in [0.717, 1.165) is 13.8 Å². The molecule has 27 heavy (non-hydrogen) atoms. The molecule has 3 nitrogen and oxygen atoms in total. The van der Waals surface area contributed by atoms with Gasteiger partial charge in [-0.25, -0.2) is 0 Å². The normalized spacial score (nSPS) is 17.0. The molecule has 0 heterocycles. The Labute approximate surface area is 147 Å². The maximum atomic E-state index is 13.1. The van der Waals surface area contributed by atoms with E-state index in [1.54, 1.807) is 0 Å². The molecule has 0 bridgehead atoms. The molecular formula is C15H15F9O3. The SMILES string of the molecule is CC(C)(O)c1cc(C(C)(O)C(F)(F)F)cc(C(O)(C(F)(F)F)C(F)(F)F)c1. The van der Waals surface area contributed by atoms with Gasteiger partial charge in [0.2, 0.25) is 0 Å². The van der Waals surface area contributed by atoms with Gasteiger partial charge in [0, 0.05) is 5.56 Å². The van der Waals surface area contributed by atoms with Crippen LogP contribution in [0.4, 0.5) is 39.5 Å². The van der Waals surface area contributed by atoms with E-state index in [2.05, 4.69) is 0 Å². The Morgan fingerprint density at radius 1 is 0.556 bits per heavy atom. The molecule has 0 amide bonds. The lowest BCUT2D eigenvalue weighted by Gasteiger charge is -2.35. The van der Waals surface area contributed by atoms with Gasteiger partial charge >= 0.3 is 18.5 Å². The van der Waals surface area contributed by atoms with Crippen LogP contribution in [0.2, 0.25) is 0 Å². The van der Waals surface area contributed by atoms with Crippen molar-refractivity contribution >= 4 is 0 Å². The number of benzene rings is 1. The Balaban J connectivity index is 3.98. The first kappa shape index (κ1) is 23.5. The molecule has 0 radical (unpaired) electrons. The van der Waals surface area contributed by atoms with Crippen LogP contribution < -0.4 is 0 Å². The zero-order valence-corrected chi connectivity index (χ0v) is 14.0. The summed E-state index contributed by atoms with van der Waals surface area (Å²) in [4.78, 5) is 0. The second-order valence-corrected chi connectivity index (χ2v) is 6.63. The third-order valence-electron chi connectivity index (χ3n) is 3.99. The summed E-state index contributed by atoms with van der Waals surface area (Å²) in [5.41, 5.74) is -15.8. The molecule has 0 aliphatic heterocycles. The Hall–Kier alpha value is -1.53. The smallest absolute Gasteiger partial charge is 0.386 e. The lowest BCUT2D eigenvalue weighted by molar-refractivity contribution is -0.376. The highest BCUT2D eigenvalue weighted by Gasteiger charge is 2.71. The van der Waals surface area contributed by atoms with Gasteiger partial charge in [0.25, 0.3) is 5.60 Å². The maximum Gasteiger partial charge on any atom is 0.430 e. The number of hydrogen-bond donors (Lipinski definition) is 3. The molecule has 0 spiro atoms. The van der Waals surface area contributed by atoms with Crippen molar-refractivity contribution in [1.82, 2.24) is 0 Å². The second-order valence-electron chi connectivity index (χ2n) is 6.63. The highest BCUT2D eigenvalue weighted by molar-refractivity contribution is 5.40. The molecule has 0 aromatic heterocycles. The Morgan fingerprint density at radius 3 is 1.19 bits per heavy atom. The molecule has 1 unspecified atom stereocenters. The van der Waals surface area contributed by atoms with E-state index in [9.17, 15) is 54.8 Å². The summed E-state index contributed by atoms with van der Waals surface area (Å²) in [5, 5.41) is 29.0. The van der Waals surface area contributed by atoms with Crippen molar-refractivity contribution in [2.24, 2.45) is 0 Å². The van der Waals surface area contributed by atoms with Crippen LogP contribution in [0, 0.1) is 0 Å². The molecule has 0 saturated carbocycles. The van der Waals surface area contributed by atoms with Crippen molar-refractivity contribution in [3.63, 3.8) is 0 Å². The zero-order valence-electron chi connectivity index (χ0n) is 14.0. The van der Waals surface area contributed by atoms with Crippen LogP contribution in [0.15, 0.2) is 18.2 Å². The van der Waals surface area contributed by atoms with Crippen molar-refractivity contribution in [3.8, 4) is 0 Å². The van der Waals surface area contributed by atoms with Crippen molar-refractivity contribution in [3.05, 3.63) is 34.9 Å². The average molecular weight is 414 g/mol. The Morgan fingerprint density at radius 2 is 0.889 bits per heavy atom. The van der Waals surface area contributed by atoms with Crippen LogP contribution >= 0.6 is 0 Å². The van der Waals surface area contributed by atoms with Gasteiger partial charge in [0.1, 0.15) is 0 Å². The number of hydrogen-bond acceptors (Lipinski definition) is 3. The minimum absolute atomic E-state index is 0.0803. The van der Waals surface area contributed by atoms with Gasteiger partial charge in [0.15, 0.2) is 5.60 Å². The van der Waals surface area contributed by atoms with Crippen LogP contribution in [0.1, 0.15) is 37.5 Å². The molecule has 1 aromatic rings. The molecule has 0 fully saturated rings. The molecular weight excluding hydrogens is 399 g/mol. The lowest BCUT2D eigenvalue weighted by atomic mass is 9.82. The van der Waals surface area contributed by atoms with Crippen LogP contribution in [0.3, 0.4) is 0 Å². The first-order valence-corrected chi connectivity index (χ1v) is 7.10. The maximum absolute atomic E-state index is 13.1. The van der Waals surface area contributed by atoms with E-state index in [1.165, 1.54) is 0 Å². The average Bonchev–Trinajstić information content (AvgIpc) is 2.41. The summed E-state index contributed by atoms with van der Waals surface area (Å²) in [6.45, 7) is 1.89. The topological polar surface area (TPSA) is 60.7 Å². The predicted octanol–water partition coefficient (Wildman–Crippen LogP) is 4.00.